The van der Waals surface area contributed by atoms with Gasteiger partial charge >= 0.3 is 5.97 Å². The van der Waals surface area contributed by atoms with E-state index >= 15 is 0 Å². The van der Waals surface area contributed by atoms with Gasteiger partial charge in [0.15, 0.2) is 5.78 Å². The zero-order valence-electron chi connectivity index (χ0n) is 11.6. The second kappa shape index (κ2) is 6.33. The highest BCUT2D eigenvalue weighted by Gasteiger charge is 2.21. The molecule has 0 radical (unpaired) electrons. The van der Waals surface area contributed by atoms with E-state index in [1.54, 1.807) is 13.0 Å². The number of carboxylic acids is 1. The van der Waals surface area contributed by atoms with Crippen molar-refractivity contribution in [2.24, 2.45) is 0 Å². The summed E-state index contributed by atoms with van der Waals surface area (Å²) in [6.07, 6.45) is 0. The molecule has 1 aromatic rings. The highest BCUT2D eigenvalue weighted by Crippen LogP contribution is 2.26. The summed E-state index contributed by atoms with van der Waals surface area (Å²) in [6, 6.07) is 3.11. The lowest BCUT2D eigenvalue weighted by atomic mass is 9.99. The summed E-state index contributed by atoms with van der Waals surface area (Å²) in [5.74, 6) is -0.628. The molecule has 1 aromatic carbocycles. The molecule has 1 atom stereocenters. The van der Waals surface area contributed by atoms with Crippen LogP contribution in [0.2, 0.25) is 0 Å². The normalized spacial score (nSPS) is 12.0. The van der Waals surface area contributed by atoms with Gasteiger partial charge in [-0.2, -0.15) is 0 Å². The SMILES string of the molecule is COc1c(C)cc(C)cc1C(=O)C(C)NCC(=O)O. The van der Waals surface area contributed by atoms with Gasteiger partial charge in [0.1, 0.15) is 5.75 Å². The van der Waals surface area contributed by atoms with Crippen LogP contribution in [-0.4, -0.2) is 36.6 Å². The van der Waals surface area contributed by atoms with Crippen molar-refractivity contribution in [1.82, 2.24) is 5.32 Å². The molecule has 0 aliphatic rings. The molecule has 0 saturated carbocycles. The third-order valence-electron chi connectivity index (χ3n) is 2.84. The molecule has 19 heavy (non-hydrogen) atoms. The van der Waals surface area contributed by atoms with E-state index in [-0.39, 0.29) is 12.3 Å². The van der Waals surface area contributed by atoms with Gasteiger partial charge in [-0.05, 0) is 38.0 Å². The summed E-state index contributed by atoms with van der Waals surface area (Å²) in [4.78, 5) is 22.8. The maximum Gasteiger partial charge on any atom is 0.317 e. The lowest BCUT2D eigenvalue weighted by Crippen LogP contribution is -2.37. The van der Waals surface area contributed by atoms with Crippen LogP contribution in [0, 0.1) is 13.8 Å². The van der Waals surface area contributed by atoms with Crippen LogP contribution in [0.4, 0.5) is 0 Å². The topological polar surface area (TPSA) is 75.6 Å². The number of benzene rings is 1. The standard InChI is InChI=1S/C14H19NO4/c1-8-5-9(2)14(19-4)11(6-8)13(18)10(3)15-7-12(16)17/h5-6,10,15H,7H2,1-4H3,(H,16,17). The van der Waals surface area contributed by atoms with Crippen LogP contribution < -0.4 is 10.1 Å². The average molecular weight is 265 g/mol. The van der Waals surface area contributed by atoms with Gasteiger partial charge in [-0.15, -0.1) is 0 Å². The molecule has 0 aliphatic carbocycles. The van der Waals surface area contributed by atoms with Crippen molar-refractivity contribution in [2.45, 2.75) is 26.8 Å². The minimum atomic E-state index is -0.993. The molecular weight excluding hydrogens is 246 g/mol. The monoisotopic (exact) mass is 265 g/mol. The van der Waals surface area contributed by atoms with Gasteiger partial charge in [-0.25, -0.2) is 0 Å². The summed E-state index contributed by atoms with van der Waals surface area (Å²) in [5.41, 5.74) is 2.33. The maximum atomic E-state index is 12.3. The fourth-order valence-electron chi connectivity index (χ4n) is 1.97. The van der Waals surface area contributed by atoms with Crippen LogP contribution in [0.15, 0.2) is 12.1 Å². The van der Waals surface area contributed by atoms with E-state index in [2.05, 4.69) is 5.32 Å². The number of ether oxygens (including phenoxy) is 1. The lowest BCUT2D eigenvalue weighted by Gasteiger charge is -2.16. The first-order valence-electron chi connectivity index (χ1n) is 6.01. The first-order chi connectivity index (χ1) is 8.86. The zero-order valence-corrected chi connectivity index (χ0v) is 11.6. The van der Waals surface area contributed by atoms with E-state index in [1.165, 1.54) is 7.11 Å². The van der Waals surface area contributed by atoms with Crippen molar-refractivity contribution in [3.05, 3.63) is 28.8 Å². The van der Waals surface area contributed by atoms with Gasteiger partial charge in [0.2, 0.25) is 0 Å². The van der Waals surface area contributed by atoms with Crippen molar-refractivity contribution < 1.29 is 19.4 Å². The second-order valence-corrected chi connectivity index (χ2v) is 4.52. The first-order valence-corrected chi connectivity index (χ1v) is 6.01. The molecule has 1 rings (SSSR count). The smallest absolute Gasteiger partial charge is 0.317 e. The van der Waals surface area contributed by atoms with Crippen molar-refractivity contribution in [1.29, 1.82) is 0 Å². The molecule has 104 valence electrons. The molecule has 0 aromatic heterocycles. The Bertz CT molecular complexity index is 496. The molecule has 0 heterocycles. The van der Waals surface area contributed by atoms with Crippen LogP contribution in [0.1, 0.15) is 28.4 Å². The van der Waals surface area contributed by atoms with Gasteiger partial charge in [0.05, 0.1) is 25.3 Å². The molecule has 0 bridgehead atoms. The summed E-state index contributed by atoms with van der Waals surface area (Å²) >= 11 is 0. The van der Waals surface area contributed by atoms with E-state index in [9.17, 15) is 9.59 Å². The van der Waals surface area contributed by atoms with Crippen molar-refractivity contribution in [3.8, 4) is 5.75 Å². The molecule has 0 spiro atoms. The van der Waals surface area contributed by atoms with Gasteiger partial charge in [-0.1, -0.05) is 6.07 Å². The molecule has 0 amide bonds. The summed E-state index contributed by atoms with van der Waals surface area (Å²) in [7, 11) is 1.52. The van der Waals surface area contributed by atoms with Crippen LogP contribution in [0.25, 0.3) is 0 Å². The Kier molecular flexibility index (Phi) is 5.06. The molecule has 2 N–H and O–H groups in total. The largest absolute Gasteiger partial charge is 0.496 e. The fourth-order valence-corrected chi connectivity index (χ4v) is 1.97. The molecule has 5 nitrogen and oxygen atoms in total. The van der Waals surface area contributed by atoms with E-state index < -0.39 is 12.0 Å². The van der Waals surface area contributed by atoms with Gasteiger partial charge in [-0.3, -0.25) is 14.9 Å². The molecular formula is C14H19NO4. The van der Waals surface area contributed by atoms with Crippen molar-refractivity contribution in [2.75, 3.05) is 13.7 Å². The summed E-state index contributed by atoms with van der Waals surface area (Å²) in [5, 5.41) is 11.3. The van der Waals surface area contributed by atoms with Crippen LogP contribution in [-0.2, 0) is 4.79 Å². The number of carbonyl (C=O) groups excluding carboxylic acids is 1. The predicted molar refractivity (Wildman–Crippen MR) is 71.9 cm³/mol. The van der Waals surface area contributed by atoms with Gasteiger partial charge in [0.25, 0.3) is 0 Å². The third-order valence-corrected chi connectivity index (χ3v) is 2.84. The summed E-state index contributed by atoms with van der Waals surface area (Å²) < 4.78 is 5.26. The number of rotatable bonds is 6. The summed E-state index contributed by atoms with van der Waals surface area (Å²) in [6.45, 7) is 5.17. The number of hydrogen-bond acceptors (Lipinski definition) is 4. The number of hydrogen-bond donors (Lipinski definition) is 2. The minimum Gasteiger partial charge on any atom is -0.496 e. The number of Topliss-reactive ketones (excluding diaryl/α,β-unsaturated/α-hetero) is 1. The molecule has 0 saturated heterocycles. The van der Waals surface area contributed by atoms with Gasteiger partial charge in [0, 0.05) is 0 Å². The van der Waals surface area contributed by atoms with E-state index in [0.29, 0.717) is 11.3 Å². The van der Waals surface area contributed by atoms with E-state index in [0.717, 1.165) is 11.1 Å². The van der Waals surface area contributed by atoms with Crippen LogP contribution in [0.3, 0.4) is 0 Å². The number of carboxylic acid groups (broad SMARTS) is 1. The molecule has 5 heteroatoms. The highest BCUT2D eigenvalue weighted by atomic mass is 16.5. The minimum absolute atomic E-state index is 0.176. The number of aryl methyl sites for hydroxylation is 2. The highest BCUT2D eigenvalue weighted by molar-refractivity contribution is 6.02. The zero-order chi connectivity index (χ0) is 14.6. The number of methoxy groups -OCH3 is 1. The Morgan fingerprint density at radius 2 is 2.00 bits per heavy atom. The van der Waals surface area contributed by atoms with Crippen LogP contribution >= 0.6 is 0 Å². The van der Waals surface area contributed by atoms with Crippen LogP contribution in [0.5, 0.6) is 5.75 Å². The second-order valence-electron chi connectivity index (χ2n) is 4.52. The third kappa shape index (κ3) is 3.79. The van der Waals surface area contributed by atoms with E-state index in [1.807, 2.05) is 19.9 Å². The Morgan fingerprint density at radius 1 is 1.37 bits per heavy atom. The fraction of sp³-hybridized carbons (Fsp3) is 0.429. The van der Waals surface area contributed by atoms with Gasteiger partial charge < -0.3 is 9.84 Å². The van der Waals surface area contributed by atoms with Crippen molar-refractivity contribution in [3.63, 3.8) is 0 Å². The first kappa shape index (κ1) is 15.2. The number of nitrogens with one attached hydrogen (secondary N) is 1. The Hall–Kier alpha value is -1.88. The Balaban J connectivity index is 3.01. The molecule has 1 unspecified atom stereocenters. The maximum absolute atomic E-state index is 12.3. The average Bonchev–Trinajstić information content (AvgIpc) is 2.34. The lowest BCUT2D eigenvalue weighted by molar-refractivity contribution is -0.136. The molecule has 0 fully saturated rings. The number of ketones is 1. The van der Waals surface area contributed by atoms with Crippen molar-refractivity contribution >= 4 is 11.8 Å². The number of carbonyl (C=O) groups is 2. The molecule has 0 aliphatic heterocycles. The quantitative estimate of drug-likeness (QED) is 0.763. The predicted octanol–water partition coefficient (Wildman–Crippen LogP) is 1.56. The van der Waals surface area contributed by atoms with E-state index in [4.69, 9.17) is 9.84 Å². The Labute approximate surface area is 112 Å². The number of aliphatic carboxylic acids is 1. The Morgan fingerprint density at radius 3 is 2.53 bits per heavy atom.